The molecule has 9 heteroatoms. The maximum absolute atomic E-state index is 13.0. The number of carbonyl (C=O) groups is 4. The topological polar surface area (TPSA) is 105 Å². The van der Waals surface area contributed by atoms with E-state index in [0.717, 1.165) is 31.2 Å². The Kier molecular flexibility index (Phi) is 12.1. The third-order valence-electron chi connectivity index (χ3n) is 7.56. The van der Waals surface area contributed by atoms with E-state index in [1.165, 1.54) is 0 Å². The van der Waals surface area contributed by atoms with Crippen molar-refractivity contribution in [3.8, 4) is 12.3 Å². The maximum Gasteiger partial charge on any atom is 0.410 e. The molecule has 2 heterocycles. The zero-order chi connectivity index (χ0) is 29.8. The number of esters is 1. The van der Waals surface area contributed by atoms with Gasteiger partial charge in [0.15, 0.2) is 0 Å². The van der Waals surface area contributed by atoms with Crippen molar-refractivity contribution in [3.63, 3.8) is 0 Å². The van der Waals surface area contributed by atoms with Gasteiger partial charge in [0.1, 0.15) is 11.6 Å². The van der Waals surface area contributed by atoms with Gasteiger partial charge in [-0.1, -0.05) is 36.3 Å². The van der Waals surface area contributed by atoms with E-state index in [1.54, 1.807) is 9.80 Å². The number of likely N-dealkylation sites (tertiary alicyclic amines) is 2. The predicted octanol–water partition coefficient (Wildman–Crippen LogP) is 3.95. The minimum Gasteiger partial charge on any atom is -0.465 e. The SMILES string of the molecule is C#C[C@H](CC(=O)OCCc1ccccc1)NC(=O)[C@@H]1CCCN(C(=O)CCC2CCN(C(=O)OC(C)(C)C)CC2)C1. The predicted molar refractivity (Wildman–Crippen MR) is 156 cm³/mol. The zero-order valence-electron chi connectivity index (χ0n) is 24.7. The van der Waals surface area contributed by atoms with Gasteiger partial charge in [-0.15, -0.1) is 6.42 Å². The van der Waals surface area contributed by atoms with Crippen LogP contribution in [0.2, 0.25) is 0 Å². The fourth-order valence-electron chi connectivity index (χ4n) is 5.23. The van der Waals surface area contributed by atoms with E-state index < -0.39 is 17.6 Å². The molecule has 9 nitrogen and oxygen atoms in total. The van der Waals surface area contributed by atoms with E-state index in [4.69, 9.17) is 15.9 Å². The smallest absolute Gasteiger partial charge is 0.410 e. The second-order valence-electron chi connectivity index (χ2n) is 12.0. The van der Waals surface area contributed by atoms with Gasteiger partial charge in [-0.25, -0.2) is 4.79 Å². The molecule has 41 heavy (non-hydrogen) atoms. The van der Waals surface area contributed by atoms with Crippen molar-refractivity contribution in [1.82, 2.24) is 15.1 Å². The van der Waals surface area contributed by atoms with Crippen LogP contribution in [0.15, 0.2) is 30.3 Å². The Hall–Kier alpha value is -3.54. The largest absolute Gasteiger partial charge is 0.465 e. The summed E-state index contributed by atoms with van der Waals surface area (Å²) in [6, 6.07) is 8.96. The molecule has 0 aromatic heterocycles. The zero-order valence-corrected chi connectivity index (χ0v) is 24.7. The van der Waals surface area contributed by atoms with Crippen molar-refractivity contribution in [3.05, 3.63) is 35.9 Å². The fraction of sp³-hybridized carbons (Fsp3) is 0.625. The molecule has 0 unspecified atom stereocenters. The molecule has 2 saturated heterocycles. The molecule has 1 aromatic carbocycles. The second kappa shape index (κ2) is 15.5. The van der Waals surface area contributed by atoms with Gasteiger partial charge in [-0.2, -0.15) is 0 Å². The number of rotatable bonds is 10. The van der Waals surface area contributed by atoms with E-state index in [2.05, 4.69) is 11.2 Å². The lowest BCUT2D eigenvalue weighted by Crippen LogP contribution is -2.48. The first-order valence-electron chi connectivity index (χ1n) is 14.8. The van der Waals surface area contributed by atoms with Crippen LogP contribution in [0.3, 0.4) is 0 Å². The van der Waals surface area contributed by atoms with Crippen LogP contribution in [0.1, 0.15) is 71.3 Å². The molecule has 224 valence electrons. The average molecular weight is 568 g/mol. The molecule has 0 radical (unpaired) electrons. The molecule has 2 aliphatic rings. The Balaban J connectivity index is 1.36. The molecule has 0 saturated carbocycles. The number of hydrogen-bond acceptors (Lipinski definition) is 6. The number of benzene rings is 1. The van der Waals surface area contributed by atoms with E-state index >= 15 is 0 Å². The molecule has 2 atom stereocenters. The molecule has 2 fully saturated rings. The number of ether oxygens (including phenoxy) is 2. The molecule has 0 aliphatic carbocycles. The highest BCUT2D eigenvalue weighted by atomic mass is 16.6. The van der Waals surface area contributed by atoms with E-state index in [1.807, 2.05) is 51.1 Å². The van der Waals surface area contributed by atoms with Crippen molar-refractivity contribution in [2.45, 2.75) is 83.8 Å². The van der Waals surface area contributed by atoms with Crippen LogP contribution in [-0.4, -0.2) is 78.1 Å². The van der Waals surface area contributed by atoms with Crippen LogP contribution < -0.4 is 5.32 Å². The molecule has 0 bridgehead atoms. The second-order valence-corrected chi connectivity index (χ2v) is 12.0. The Bertz CT molecular complexity index is 1070. The molecule has 1 N–H and O–H groups in total. The van der Waals surface area contributed by atoms with E-state index in [-0.39, 0.29) is 36.9 Å². The van der Waals surface area contributed by atoms with E-state index in [0.29, 0.717) is 51.4 Å². The maximum atomic E-state index is 13.0. The highest BCUT2D eigenvalue weighted by Gasteiger charge is 2.31. The first-order valence-corrected chi connectivity index (χ1v) is 14.8. The van der Waals surface area contributed by atoms with E-state index in [9.17, 15) is 19.2 Å². The molecular weight excluding hydrogens is 522 g/mol. The quantitative estimate of drug-likeness (QED) is 0.339. The third kappa shape index (κ3) is 11.1. The van der Waals surface area contributed by atoms with Gasteiger partial charge in [0.2, 0.25) is 11.8 Å². The van der Waals surface area contributed by atoms with Crippen molar-refractivity contribution in [2.75, 3.05) is 32.8 Å². The van der Waals surface area contributed by atoms with Crippen LogP contribution in [0, 0.1) is 24.2 Å². The van der Waals surface area contributed by atoms with Crippen molar-refractivity contribution in [2.24, 2.45) is 11.8 Å². The summed E-state index contributed by atoms with van der Waals surface area (Å²) in [7, 11) is 0. The first kappa shape index (κ1) is 32.0. The summed E-state index contributed by atoms with van der Waals surface area (Å²) >= 11 is 0. The van der Waals surface area contributed by atoms with Crippen LogP contribution in [0.4, 0.5) is 4.79 Å². The molecule has 3 amide bonds. The van der Waals surface area contributed by atoms with Gasteiger partial charge in [0.25, 0.3) is 0 Å². The summed E-state index contributed by atoms with van der Waals surface area (Å²) in [5.74, 6) is 1.84. The lowest BCUT2D eigenvalue weighted by atomic mass is 9.91. The summed E-state index contributed by atoms with van der Waals surface area (Å²) in [6.45, 7) is 8.07. The van der Waals surface area contributed by atoms with Crippen molar-refractivity contribution in [1.29, 1.82) is 0 Å². The lowest BCUT2D eigenvalue weighted by Gasteiger charge is -2.34. The number of amides is 3. The van der Waals surface area contributed by atoms with Gasteiger partial charge in [0, 0.05) is 39.0 Å². The minimum atomic E-state index is -0.760. The Labute approximate surface area is 244 Å². The van der Waals surface area contributed by atoms with Gasteiger partial charge in [-0.05, 0) is 64.4 Å². The third-order valence-corrected chi connectivity index (χ3v) is 7.56. The fourth-order valence-corrected chi connectivity index (χ4v) is 5.23. The normalized spacial score (nSPS) is 18.6. The summed E-state index contributed by atoms with van der Waals surface area (Å²) < 4.78 is 10.8. The monoisotopic (exact) mass is 567 g/mol. The lowest BCUT2D eigenvalue weighted by molar-refractivity contribution is -0.143. The Morgan fingerprint density at radius 2 is 1.76 bits per heavy atom. The summed E-state index contributed by atoms with van der Waals surface area (Å²) in [6.07, 6.45) is 10.1. The number of piperidine rings is 2. The van der Waals surface area contributed by atoms with Gasteiger partial charge < -0.3 is 24.6 Å². The van der Waals surface area contributed by atoms with Gasteiger partial charge >= 0.3 is 12.1 Å². The number of terminal acetylenes is 1. The van der Waals surface area contributed by atoms with Crippen LogP contribution >= 0.6 is 0 Å². The minimum absolute atomic E-state index is 0.0487. The Morgan fingerprint density at radius 1 is 1.05 bits per heavy atom. The van der Waals surface area contributed by atoms with Crippen LogP contribution in [0.5, 0.6) is 0 Å². The molecule has 0 spiro atoms. The van der Waals surface area contributed by atoms with Crippen molar-refractivity contribution < 1.29 is 28.7 Å². The summed E-state index contributed by atoms with van der Waals surface area (Å²) in [4.78, 5) is 54.0. The summed E-state index contributed by atoms with van der Waals surface area (Å²) in [5, 5.41) is 2.79. The highest BCUT2D eigenvalue weighted by Crippen LogP contribution is 2.25. The van der Waals surface area contributed by atoms with Crippen LogP contribution in [0.25, 0.3) is 0 Å². The highest BCUT2D eigenvalue weighted by molar-refractivity contribution is 5.82. The van der Waals surface area contributed by atoms with Gasteiger partial charge in [-0.3, -0.25) is 14.4 Å². The molecular formula is C32H45N3O6. The number of nitrogens with one attached hydrogen (secondary N) is 1. The molecule has 3 rings (SSSR count). The number of carbonyl (C=O) groups excluding carboxylic acids is 4. The Morgan fingerprint density at radius 3 is 2.41 bits per heavy atom. The molecule has 1 aromatic rings. The average Bonchev–Trinajstić information content (AvgIpc) is 2.95. The standard InChI is InChI=1S/C32H45N3O6/c1-5-27(22-29(37)40-21-17-24-10-7-6-8-11-24)33-30(38)26-12-9-18-35(23-26)28(36)14-13-25-15-19-34(20-16-25)31(39)41-32(2,3)4/h1,6-8,10-11,25-27H,9,12-23H2,2-4H3,(H,33,38)/t26-,27-/m1/s1. The molecule has 2 aliphatic heterocycles. The summed E-state index contributed by atoms with van der Waals surface area (Å²) in [5.41, 5.74) is 0.557. The van der Waals surface area contributed by atoms with Crippen molar-refractivity contribution >= 4 is 23.9 Å². The number of hydrogen-bond donors (Lipinski definition) is 1. The van der Waals surface area contributed by atoms with Gasteiger partial charge in [0.05, 0.1) is 18.9 Å². The first-order chi connectivity index (χ1) is 19.5. The van der Waals surface area contributed by atoms with Crippen LogP contribution in [-0.2, 0) is 30.3 Å². The number of nitrogens with zero attached hydrogens (tertiary/aromatic N) is 2.